The Labute approximate surface area is 109 Å². The van der Waals surface area contributed by atoms with Crippen LogP contribution >= 0.6 is 0 Å². The van der Waals surface area contributed by atoms with Gasteiger partial charge in [-0.1, -0.05) is 0 Å². The van der Waals surface area contributed by atoms with Gasteiger partial charge in [0.05, 0.1) is 5.25 Å². The Morgan fingerprint density at radius 3 is 2.06 bits per heavy atom. The van der Waals surface area contributed by atoms with Gasteiger partial charge in [-0.15, -0.1) is 0 Å². The Morgan fingerprint density at radius 2 is 1.67 bits per heavy atom. The third-order valence-electron chi connectivity index (χ3n) is 3.00. The zero-order valence-corrected chi connectivity index (χ0v) is 12.3. The van der Waals surface area contributed by atoms with Crippen LogP contribution in [0.4, 0.5) is 4.79 Å². The third kappa shape index (κ3) is 5.25. The topological polar surface area (TPSA) is 72.5 Å². The van der Waals surface area contributed by atoms with Gasteiger partial charge in [0, 0.05) is 12.3 Å². The smallest absolute Gasteiger partial charge is 0.407 e. The normalized spacial score (nSPS) is 25.6. The number of rotatable bonds is 2. The fourth-order valence-corrected chi connectivity index (χ4v) is 3.24. The molecule has 5 nitrogen and oxygen atoms in total. The minimum Gasteiger partial charge on any atom is -0.444 e. The molecule has 18 heavy (non-hydrogen) atoms. The minimum absolute atomic E-state index is 0.0258. The molecule has 6 heteroatoms. The van der Waals surface area contributed by atoms with E-state index in [1.54, 1.807) is 0 Å². The largest absolute Gasteiger partial charge is 0.444 e. The van der Waals surface area contributed by atoms with Gasteiger partial charge in [0.2, 0.25) is 0 Å². The summed E-state index contributed by atoms with van der Waals surface area (Å²) in [5.41, 5.74) is -0.506. The molecule has 0 atom stereocenters. The molecule has 0 saturated heterocycles. The summed E-state index contributed by atoms with van der Waals surface area (Å²) in [4.78, 5) is 11.6. The number of nitrogens with one attached hydrogen (secondary N) is 1. The number of alkyl carbamates (subject to hydrolysis) is 1. The van der Waals surface area contributed by atoms with Crippen molar-refractivity contribution in [1.82, 2.24) is 5.32 Å². The first-order valence-corrected chi connectivity index (χ1v) is 8.22. The zero-order chi connectivity index (χ0) is 14.0. The fourth-order valence-electron chi connectivity index (χ4n) is 2.11. The van der Waals surface area contributed by atoms with Crippen molar-refractivity contribution < 1.29 is 17.9 Å². The summed E-state index contributed by atoms with van der Waals surface area (Å²) in [6, 6.07) is 0.0258. The molecule has 1 N–H and O–H groups in total. The quantitative estimate of drug-likeness (QED) is 0.836. The van der Waals surface area contributed by atoms with Crippen molar-refractivity contribution in [3.63, 3.8) is 0 Å². The average Bonchev–Trinajstić information content (AvgIpc) is 2.13. The summed E-state index contributed by atoms with van der Waals surface area (Å²) in [6.07, 6.45) is 3.46. The van der Waals surface area contributed by atoms with E-state index in [-0.39, 0.29) is 11.3 Å². The second-order valence-corrected chi connectivity index (χ2v) is 8.28. The Hall–Kier alpha value is -0.780. The van der Waals surface area contributed by atoms with E-state index in [9.17, 15) is 13.2 Å². The van der Waals surface area contributed by atoms with E-state index in [0.29, 0.717) is 25.7 Å². The lowest BCUT2D eigenvalue weighted by Crippen LogP contribution is -2.42. The number of carbonyl (C=O) groups is 1. The highest BCUT2D eigenvalue weighted by atomic mass is 32.2. The van der Waals surface area contributed by atoms with Gasteiger partial charge in [-0.25, -0.2) is 13.2 Å². The van der Waals surface area contributed by atoms with Crippen LogP contribution in [0.3, 0.4) is 0 Å². The van der Waals surface area contributed by atoms with Gasteiger partial charge >= 0.3 is 6.09 Å². The summed E-state index contributed by atoms with van der Waals surface area (Å²) >= 11 is 0. The Morgan fingerprint density at radius 1 is 1.17 bits per heavy atom. The van der Waals surface area contributed by atoms with Crippen LogP contribution in [0.15, 0.2) is 0 Å². The van der Waals surface area contributed by atoms with Gasteiger partial charge in [-0.2, -0.15) is 0 Å². The van der Waals surface area contributed by atoms with Crippen LogP contribution in [0, 0.1) is 0 Å². The van der Waals surface area contributed by atoms with Crippen molar-refractivity contribution in [2.45, 2.75) is 63.3 Å². The summed E-state index contributed by atoms with van der Waals surface area (Å²) in [5, 5.41) is 2.54. The number of hydrogen-bond acceptors (Lipinski definition) is 4. The van der Waals surface area contributed by atoms with E-state index in [2.05, 4.69) is 5.32 Å². The molecular formula is C12H23NO4S. The highest BCUT2D eigenvalue weighted by Crippen LogP contribution is 2.24. The van der Waals surface area contributed by atoms with Gasteiger partial charge in [0.25, 0.3) is 0 Å². The lowest BCUT2D eigenvalue weighted by Gasteiger charge is -2.29. The molecule has 1 saturated carbocycles. The van der Waals surface area contributed by atoms with E-state index < -0.39 is 21.5 Å². The summed E-state index contributed by atoms with van der Waals surface area (Å²) in [7, 11) is -2.95. The molecule has 0 aliphatic heterocycles. The maximum Gasteiger partial charge on any atom is 0.407 e. The van der Waals surface area contributed by atoms with Gasteiger partial charge < -0.3 is 10.1 Å². The molecule has 1 rings (SSSR count). The molecule has 1 amide bonds. The van der Waals surface area contributed by atoms with Gasteiger partial charge in [-0.05, 0) is 46.5 Å². The van der Waals surface area contributed by atoms with E-state index in [0.717, 1.165) is 0 Å². The molecule has 1 aliphatic carbocycles. The van der Waals surface area contributed by atoms with Crippen LogP contribution in [0.5, 0.6) is 0 Å². The standard InChI is InChI=1S/C12H23NO4S/c1-12(2,3)17-11(14)13-9-5-7-10(8-6-9)18(4,15)16/h9-10H,5-8H2,1-4H3,(H,13,14)/t9-,10+. The molecule has 106 valence electrons. The van der Waals surface area contributed by atoms with E-state index >= 15 is 0 Å². The molecule has 0 aromatic rings. The number of amides is 1. The lowest BCUT2D eigenvalue weighted by atomic mass is 9.95. The molecule has 0 aromatic heterocycles. The van der Waals surface area contributed by atoms with Crippen LogP contribution < -0.4 is 5.32 Å². The monoisotopic (exact) mass is 277 g/mol. The van der Waals surface area contributed by atoms with Crippen LogP contribution in [-0.2, 0) is 14.6 Å². The maximum atomic E-state index is 11.6. The molecule has 0 spiro atoms. The van der Waals surface area contributed by atoms with Crippen LogP contribution in [0.25, 0.3) is 0 Å². The van der Waals surface area contributed by atoms with Gasteiger partial charge in [-0.3, -0.25) is 0 Å². The number of carbonyl (C=O) groups excluding carboxylic acids is 1. The van der Waals surface area contributed by atoms with Crippen molar-refractivity contribution in [3.05, 3.63) is 0 Å². The molecule has 1 aliphatic rings. The first-order valence-electron chi connectivity index (χ1n) is 6.26. The second kappa shape index (κ2) is 5.47. The Bertz CT molecular complexity index is 389. The van der Waals surface area contributed by atoms with Gasteiger partial charge in [0.1, 0.15) is 15.4 Å². The third-order valence-corrected chi connectivity index (χ3v) is 4.68. The van der Waals surface area contributed by atoms with Crippen molar-refractivity contribution >= 4 is 15.9 Å². The van der Waals surface area contributed by atoms with Crippen molar-refractivity contribution in [3.8, 4) is 0 Å². The highest BCUT2D eigenvalue weighted by Gasteiger charge is 2.29. The number of hydrogen-bond donors (Lipinski definition) is 1. The molecule has 0 unspecified atom stereocenters. The lowest BCUT2D eigenvalue weighted by molar-refractivity contribution is 0.0493. The van der Waals surface area contributed by atoms with Crippen molar-refractivity contribution in [1.29, 1.82) is 0 Å². The second-order valence-electron chi connectivity index (χ2n) is 5.95. The predicted octanol–water partition coefficient (Wildman–Crippen LogP) is 1.87. The van der Waals surface area contributed by atoms with Crippen molar-refractivity contribution in [2.75, 3.05) is 6.26 Å². The molecule has 1 fully saturated rings. The van der Waals surface area contributed by atoms with E-state index in [1.165, 1.54) is 6.26 Å². The molecule has 0 bridgehead atoms. The molecular weight excluding hydrogens is 254 g/mol. The maximum absolute atomic E-state index is 11.6. The van der Waals surface area contributed by atoms with Crippen LogP contribution in [-0.4, -0.2) is 37.7 Å². The zero-order valence-electron chi connectivity index (χ0n) is 11.5. The summed E-state index contributed by atoms with van der Waals surface area (Å²) in [6.45, 7) is 5.44. The van der Waals surface area contributed by atoms with Crippen LogP contribution in [0.1, 0.15) is 46.5 Å². The van der Waals surface area contributed by atoms with E-state index in [4.69, 9.17) is 4.74 Å². The number of ether oxygens (including phenoxy) is 1. The average molecular weight is 277 g/mol. The van der Waals surface area contributed by atoms with Gasteiger partial charge in [0.15, 0.2) is 0 Å². The first kappa shape index (κ1) is 15.3. The van der Waals surface area contributed by atoms with Crippen LogP contribution in [0.2, 0.25) is 0 Å². The van der Waals surface area contributed by atoms with Crippen molar-refractivity contribution in [2.24, 2.45) is 0 Å². The minimum atomic E-state index is -2.95. The molecule has 0 aromatic carbocycles. The SMILES string of the molecule is CC(C)(C)OC(=O)N[C@H]1CC[C@@H](S(C)(=O)=O)CC1. The van der Waals surface area contributed by atoms with E-state index in [1.807, 2.05) is 20.8 Å². The highest BCUT2D eigenvalue weighted by molar-refractivity contribution is 7.91. The Kier molecular flexibility index (Phi) is 4.64. The predicted molar refractivity (Wildman–Crippen MR) is 70.3 cm³/mol. The Balaban J connectivity index is 2.38. The fraction of sp³-hybridized carbons (Fsp3) is 0.917. The molecule has 0 heterocycles. The summed E-state index contributed by atoms with van der Waals surface area (Å²) in [5.74, 6) is 0. The number of sulfone groups is 1. The molecule has 0 radical (unpaired) electrons. The first-order chi connectivity index (χ1) is 8.08. The summed E-state index contributed by atoms with van der Waals surface area (Å²) < 4.78 is 27.9.